The molecule has 1 aromatic heterocycles. The maximum absolute atomic E-state index is 12.3. The van der Waals surface area contributed by atoms with Gasteiger partial charge in [0.25, 0.3) is 5.69 Å². The predicted octanol–water partition coefficient (Wildman–Crippen LogP) is 3.96. The maximum atomic E-state index is 12.3. The highest BCUT2D eigenvalue weighted by molar-refractivity contribution is 7.09. The van der Waals surface area contributed by atoms with Gasteiger partial charge in [-0.3, -0.25) is 19.8 Å². The van der Waals surface area contributed by atoms with Gasteiger partial charge < -0.3 is 5.32 Å². The molecule has 132 valence electrons. The number of amides is 1. The van der Waals surface area contributed by atoms with Crippen molar-refractivity contribution in [3.63, 3.8) is 0 Å². The molecule has 1 fully saturated rings. The van der Waals surface area contributed by atoms with E-state index in [1.54, 1.807) is 30.4 Å². The number of thiophene rings is 1. The van der Waals surface area contributed by atoms with Crippen molar-refractivity contribution in [1.82, 2.24) is 4.90 Å². The molecule has 1 aromatic carbocycles. The van der Waals surface area contributed by atoms with E-state index >= 15 is 0 Å². The molecule has 2 aromatic rings. The van der Waals surface area contributed by atoms with E-state index < -0.39 is 4.92 Å². The highest BCUT2D eigenvalue weighted by Gasteiger charge is 2.29. The third kappa shape index (κ3) is 4.64. The third-order valence-electron chi connectivity index (χ3n) is 4.40. The number of hydrogen-bond acceptors (Lipinski definition) is 5. The second kappa shape index (κ2) is 7.76. The Kier molecular flexibility index (Phi) is 5.45. The molecule has 0 radical (unpaired) electrons. The number of anilines is 1. The first-order valence-corrected chi connectivity index (χ1v) is 9.23. The monoisotopic (exact) mass is 359 g/mol. The van der Waals surface area contributed by atoms with Crippen molar-refractivity contribution < 1.29 is 9.72 Å². The van der Waals surface area contributed by atoms with E-state index in [1.165, 1.54) is 23.8 Å². The summed E-state index contributed by atoms with van der Waals surface area (Å²) in [7, 11) is 0. The molecule has 0 spiro atoms. The van der Waals surface area contributed by atoms with Gasteiger partial charge in [-0.05, 0) is 37.3 Å². The largest absolute Gasteiger partial charge is 0.326 e. The summed E-state index contributed by atoms with van der Waals surface area (Å²) in [6.07, 6.45) is 2.76. The van der Waals surface area contributed by atoms with Crippen molar-refractivity contribution in [2.75, 3.05) is 11.9 Å². The van der Waals surface area contributed by atoms with Gasteiger partial charge in [0.15, 0.2) is 0 Å². The maximum Gasteiger partial charge on any atom is 0.274 e. The Morgan fingerprint density at radius 2 is 2.16 bits per heavy atom. The highest BCUT2D eigenvalue weighted by atomic mass is 32.1. The lowest BCUT2D eigenvalue weighted by atomic mass is 10.1. The molecule has 1 heterocycles. The quantitative estimate of drug-likeness (QED) is 0.572. The van der Waals surface area contributed by atoms with Crippen LogP contribution >= 0.6 is 11.3 Å². The van der Waals surface area contributed by atoms with Crippen LogP contribution in [-0.4, -0.2) is 28.3 Å². The lowest BCUT2D eigenvalue weighted by molar-refractivity contribution is -0.385. The van der Waals surface area contributed by atoms with Crippen molar-refractivity contribution in [3.05, 3.63) is 56.3 Å². The van der Waals surface area contributed by atoms with Crippen molar-refractivity contribution in [2.45, 2.75) is 38.8 Å². The molecule has 3 rings (SSSR count). The second-order valence-electron chi connectivity index (χ2n) is 6.29. The summed E-state index contributed by atoms with van der Waals surface area (Å²) in [5.41, 5.74) is 1.02. The Balaban J connectivity index is 1.57. The second-order valence-corrected chi connectivity index (χ2v) is 7.32. The van der Waals surface area contributed by atoms with Crippen LogP contribution in [0.5, 0.6) is 0 Å². The zero-order valence-electron chi connectivity index (χ0n) is 14.1. The van der Waals surface area contributed by atoms with E-state index in [0.717, 1.165) is 6.54 Å². The smallest absolute Gasteiger partial charge is 0.274 e. The van der Waals surface area contributed by atoms with Crippen LogP contribution in [0, 0.1) is 17.0 Å². The van der Waals surface area contributed by atoms with E-state index in [9.17, 15) is 14.9 Å². The summed E-state index contributed by atoms with van der Waals surface area (Å²) < 4.78 is 0. The van der Waals surface area contributed by atoms with Gasteiger partial charge in [-0.2, -0.15) is 0 Å². The van der Waals surface area contributed by atoms with Crippen LogP contribution in [-0.2, 0) is 11.3 Å². The normalized spacial score (nSPS) is 13.8. The van der Waals surface area contributed by atoms with Gasteiger partial charge in [0, 0.05) is 36.5 Å². The molecule has 0 saturated heterocycles. The summed E-state index contributed by atoms with van der Waals surface area (Å²) in [6, 6.07) is 9.48. The number of nitro benzene ring substituents is 1. The van der Waals surface area contributed by atoms with Crippen LogP contribution in [0.3, 0.4) is 0 Å². The molecule has 0 unspecified atom stereocenters. The van der Waals surface area contributed by atoms with Gasteiger partial charge in [-0.25, -0.2) is 0 Å². The summed E-state index contributed by atoms with van der Waals surface area (Å²) in [4.78, 5) is 26.5. The van der Waals surface area contributed by atoms with Crippen molar-refractivity contribution >= 4 is 28.6 Å². The average molecular weight is 359 g/mol. The van der Waals surface area contributed by atoms with E-state index in [4.69, 9.17) is 0 Å². The minimum absolute atomic E-state index is 0.0232. The summed E-state index contributed by atoms with van der Waals surface area (Å²) in [5.74, 6) is -0.111. The van der Waals surface area contributed by atoms with Gasteiger partial charge in [0.2, 0.25) is 5.91 Å². The van der Waals surface area contributed by atoms with Crippen LogP contribution in [0.1, 0.15) is 29.7 Å². The third-order valence-corrected chi connectivity index (χ3v) is 5.27. The van der Waals surface area contributed by atoms with Crippen molar-refractivity contribution in [1.29, 1.82) is 0 Å². The Morgan fingerprint density at radius 3 is 2.80 bits per heavy atom. The zero-order chi connectivity index (χ0) is 17.8. The van der Waals surface area contributed by atoms with Crippen LogP contribution < -0.4 is 5.32 Å². The van der Waals surface area contributed by atoms with Crippen LogP contribution in [0.15, 0.2) is 35.7 Å². The fourth-order valence-electron chi connectivity index (χ4n) is 2.85. The van der Waals surface area contributed by atoms with Gasteiger partial charge in [-0.15, -0.1) is 11.3 Å². The Bertz CT molecular complexity index is 757. The van der Waals surface area contributed by atoms with Gasteiger partial charge in [0.1, 0.15) is 0 Å². The first-order chi connectivity index (χ1) is 12.0. The lowest BCUT2D eigenvalue weighted by Gasteiger charge is -2.21. The first-order valence-electron chi connectivity index (χ1n) is 8.35. The van der Waals surface area contributed by atoms with Crippen LogP contribution in [0.25, 0.3) is 0 Å². The van der Waals surface area contributed by atoms with Crippen LogP contribution in [0.4, 0.5) is 11.4 Å². The first kappa shape index (κ1) is 17.6. The van der Waals surface area contributed by atoms with Crippen molar-refractivity contribution in [2.24, 2.45) is 0 Å². The number of nitrogens with one attached hydrogen (secondary N) is 1. The van der Waals surface area contributed by atoms with Crippen LogP contribution in [0.2, 0.25) is 0 Å². The van der Waals surface area contributed by atoms with E-state index in [1.807, 2.05) is 6.07 Å². The average Bonchev–Trinajstić information content (AvgIpc) is 3.30. The minimum atomic E-state index is -0.430. The fourth-order valence-corrected chi connectivity index (χ4v) is 3.58. The van der Waals surface area contributed by atoms with Gasteiger partial charge in [-0.1, -0.05) is 12.1 Å². The summed E-state index contributed by atoms with van der Waals surface area (Å²) >= 11 is 1.73. The Labute approximate surface area is 150 Å². The topological polar surface area (TPSA) is 75.5 Å². The van der Waals surface area contributed by atoms with Gasteiger partial charge >= 0.3 is 0 Å². The molecule has 6 nitrogen and oxygen atoms in total. The number of hydrogen-bond donors (Lipinski definition) is 1. The molecule has 0 bridgehead atoms. The van der Waals surface area contributed by atoms with Crippen molar-refractivity contribution in [3.8, 4) is 0 Å². The molecule has 7 heteroatoms. The molecule has 0 aliphatic heterocycles. The molecule has 25 heavy (non-hydrogen) atoms. The van der Waals surface area contributed by atoms with E-state index in [-0.39, 0.29) is 11.6 Å². The molecule has 1 N–H and O–H groups in total. The Morgan fingerprint density at radius 1 is 1.36 bits per heavy atom. The molecule has 1 saturated carbocycles. The number of nitrogens with zero attached hydrogens (tertiary/aromatic N) is 2. The number of nitro groups is 1. The van der Waals surface area contributed by atoms with Gasteiger partial charge in [0.05, 0.1) is 16.2 Å². The molecule has 1 amide bonds. The van der Waals surface area contributed by atoms with E-state index in [0.29, 0.717) is 30.3 Å². The summed E-state index contributed by atoms with van der Waals surface area (Å²) in [6.45, 7) is 3.23. The summed E-state index contributed by atoms with van der Waals surface area (Å²) in [5, 5.41) is 15.9. The molecule has 1 aliphatic carbocycles. The SMILES string of the molecule is Cc1c(NC(=O)CCN(Cc2cccs2)C2CC2)cccc1[N+](=O)[O-]. The highest BCUT2D eigenvalue weighted by Crippen LogP contribution is 2.29. The predicted molar refractivity (Wildman–Crippen MR) is 98.8 cm³/mol. The standard InChI is InChI=1S/C18H21N3O3S/c1-13-16(5-2-6-17(13)21(23)24)19-18(22)9-10-20(14-7-8-14)12-15-4-3-11-25-15/h2-6,11,14H,7-10,12H2,1H3,(H,19,22). The minimum Gasteiger partial charge on any atom is -0.326 e. The molecule has 1 aliphatic rings. The molecular weight excluding hydrogens is 338 g/mol. The number of benzene rings is 1. The molecule has 0 atom stereocenters. The molecular formula is C18H21N3O3S. The number of carbonyl (C=O) groups is 1. The lowest BCUT2D eigenvalue weighted by Crippen LogP contribution is -2.29. The van der Waals surface area contributed by atoms with E-state index in [2.05, 4.69) is 21.7 Å². The number of rotatable bonds is 8. The number of carbonyl (C=O) groups excluding carboxylic acids is 1. The zero-order valence-corrected chi connectivity index (χ0v) is 14.9. The fraction of sp³-hybridized carbons (Fsp3) is 0.389. The Hall–Kier alpha value is -2.25.